The molecule has 0 radical (unpaired) electrons. The number of benzene rings is 1. The number of rotatable bonds is 2. The lowest BCUT2D eigenvalue weighted by Gasteiger charge is -2.26. The Morgan fingerprint density at radius 2 is 1.94 bits per heavy atom. The van der Waals surface area contributed by atoms with Gasteiger partial charge in [-0.05, 0) is 17.1 Å². The van der Waals surface area contributed by atoms with Gasteiger partial charge in [0.1, 0.15) is 5.35 Å². The maximum atomic E-state index is 13.0. The number of hydrogen-bond donors (Lipinski definition) is 2. The van der Waals surface area contributed by atoms with E-state index < -0.39 is 6.09 Å². The highest BCUT2D eigenvalue weighted by Crippen LogP contribution is 2.28. The van der Waals surface area contributed by atoms with Crippen molar-refractivity contribution in [1.29, 1.82) is 0 Å². The predicted molar refractivity (Wildman–Crippen MR) is 121 cm³/mol. The molecule has 1 amide bonds. The molecule has 0 saturated carbocycles. The third kappa shape index (κ3) is 4.72. The van der Waals surface area contributed by atoms with Gasteiger partial charge in [-0.3, -0.25) is 9.79 Å². The van der Waals surface area contributed by atoms with E-state index >= 15 is 0 Å². The van der Waals surface area contributed by atoms with Crippen LogP contribution in [0.15, 0.2) is 40.1 Å². The Morgan fingerprint density at radius 1 is 1.22 bits per heavy atom. The van der Waals surface area contributed by atoms with Gasteiger partial charge in [0.05, 0.1) is 31.3 Å². The summed E-state index contributed by atoms with van der Waals surface area (Å²) in [6.07, 6.45) is 2.76. The summed E-state index contributed by atoms with van der Waals surface area (Å²) in [6, 6.07) is 9.16. The molecule has 1 saturated heterocycles. The van der Waals surface area contributed by atoms with Crippen molar-refractivity contribution in [2.24, 2.45) is 10.4 Å². The SMILES string of the molecule is CC(C)(C)C1N=CN/C1=c1\nc(OC(=O)N2CCOCC2)/c(=C/c2ccccc2)[nH]c1=O. The van der Waals surface area contributed by atoms with E-state index in [1.54, 1.807) is 17.3 Å². The lowest BCUT2D eigenvalue weighted by Crippen LogP contribution is -2.46. The predicted octanol–water partition coefficient (Wildman–Crippen LogP) is 0.584. The second-order valence-corrected chi connectivity index (χ2v) is 8.76. The van der Waals surface area contributed by atoms with Gasteiger partial charge in [0.25, 0.3) is 5.56 Å². The van der Waals surface area contributed by atoms with Crippen LogP contribution in [0.4, 0.5) is 4.79 Å². The molecule has 2 aliphatic rings. The van der Waals surface area contributed by atoms with Gasteiger partial charge in [-0.15, -0.1) is 0 Å². The number of hydrogen-bond acceptors (Lipinski definition) is 7. The molecule has 32 heavy (non-hydrogen) atoms. The minimum Gasteiger partial charge on any atom is -0.389 e. The number of carbonyl (C=O) groups excluding carboxylic acids is 1. The van der Waals surface area contributed by atoms with Crippen LogP contribution in [0.5, 0.6) is 5.88 Å². The van der Waals surface area contributed by atoms with Crippen molar-refractivity contribution in [1.82, 2.24) is 20.2 Å². The zero-order valence-corrected chi connectivity index (χ0v) is 18.4. The van der Waals surface area contributed by atoms with Gasteiger partial charge in [0, 0.05) is 13.1 Å². The highest BCUT2D eigenvalue weighted by molar-refractivity contribution is 5.75. The fourth-order valence-electron chi connectivity index (χ4n) is 3.60. The Hall–Kier alpha value is -3.46. The van der Waals surface area contributed by atoms with Crippen molar-refractivity contribution in [2.75, 3.05) is 26.3 Å². The van der Waals surface area contributed by atoms with Gasteiger partial charge in [0.2, 0.25) is 5.88 Å². The maximum Gasteiger partial charge on any atom is 0.416 e. The number of nitrogens with one attached hydrogen (secondary N) is 2. The van der Waals surface area contributed by atoms with E-state index in [4.69, 9.17) is 9.47 Å². The van der Waals surface area contributed by atoms with Gasteiger partial charge in [-0.25, -0.2) is 9.78 Å². The molecule has 0 spiro atoms. The molecule has 1 aromatic heterocycles. The van der Waals surface area contributed by atoms with Crippen molar-refractivity contribution in [3.8, 4) is 5.88 Å². The molecule has 4 rings (SSSR count). The first-order valence-electron chi connectivity index (χ1n) is 10.6. The average Bonchev–Trinajstić information content (AvgIpc) is 3.27. The highest BCUT2D eigenvalue weighted by atomic mass is 16.6. The number of aliphatic imine (C=N–C) groups is 1. The summed E-state index contributed by atoms with van der Waals surface area (Å²) in [5, 5.41) is 3.52. The molecule has 1 fully saturated rings. The Balaban J connectivity index is 1.84. The van der Waals surface area contributed by atoms with Gasteiger partial charge in [-0.1, -0.05) is 51.1 Å². The summed E-state index contributed by atoms with van der Waals surface area (Å²) in [4.78, 5) is 39.1. The van der Waals surface area contributed by atoms with E-state index in [2.05, 4.69) is 20.3 Å². The van der Waals surface area contributed by atoms with Gasteiger partial charge >= 0.3 is 6.09 Å². The van der Waals surface area contributed by atoms with E-state index in [0.717, 1.165) is 5.56 Å². The van der Waals surface area contributed by atoms with E-state index in [1.165, 1.54) is 0 Å². The van der Waals surface area contributed by atoms with Crippen molar-refractivity contribution < 1.29 is 14.3 Å². The van der Waals surface area contributed by atoms with Crippen LogP contribution in [-0.2, 0) is 4.74 Å². The van der Waals surface area contributed by atoms with Crippen LogP contribution in [0.1, 0.15) is 26.3 Å². The third-order valence-corrected chi connectivity index (χ3v) is 5.26. The molecule has 1 unspecified atom stereocenters. The van der Waals surface area contributed by atoms with Gasteiger partial charge < -0.3 is 24.7 Å². The smallest absolute Gasteiger partial charge is 0.389 e. The van der Waals surface area contributed by atoms with E-state index in [9.17, 15) is 9.59 Å². The van der Waals surface area contributed by atoms with Gasteiger partial charge in [0.15, 0.2) is 5.35 Å². The molecule has 0 bridgehead atoms. The summed E-state index contributed by atoms with van der Waals surface area (Å²) in [6.45, 7) is 7.88. The Kier molecular flexibility index (Phi) is 6.09. The summed E-state index contributed by atoms with van der Waals surface area (Å²) in [7, 11) is 0. The number of amides is 1. The number of carbonyl (C=O) groups is 1. The van der Waals surface area contributed by atoms with Crippen LogP contribution < -0.4 is 26.3 Å². The number of aromatic nitrogens is 2. The van der Waals surface area contributed by atoms with Crippen LogP contribution in [0, 0.1) is 5.41 Å². The molecule has 2 aromatic rings. The number of H-pyrrole nitrogens is 1. The van der Waals surface area contributed by atoms with Crippen LogP contribution in [0.2, 0.25) is 0 Å². The Morgan fingerprint density at radius 3 is 2.62 bits per heavy atom. The standard InChI is InChI=1S/C23H27N5O4/c1-23(2,3)19-17(24-14-25-19)18-20(29)26-16(13-15-7-5-4-6-8-15)21(27-18)32-22(30)28-9-11-31-12-10-28/h4-8,13-14,19H,9-12H2,1-3H3,(H,24,25)(H,26,29)/b16-13-,18-17-. The Bertz CT molecular complexity index is 1190. The third-order valence-electron chi connectivity index (χ3n) is 5.26. The fraction of sp³-hybridized carbons (Fsp3) is 0.391. The molecule has 0 aliphatic carbocycles. The first-order valence-corrected chi connectivity index (χ1v) is 10.6. The molecule has 168 valence electrons. The van der Waals surface area contributed by atoms with Crippen LogP contribution >= 0.6 is 0 Å². The maximum absolute atomic E-state index is 13.0. The largest absolute Gasteiger partial charge is 0.416 e. The molecule has 9 nitrogen and oxygen atoms in total. The fourth-order valence-corrected chi connectivity index (χ4v) is 3.60. The minimum atomic E-state index is -0.533. The van der Waals surface area contributed by atoms with Gasteiger partial charge in [-0.2, -0.15) is 0 Å². The van der Waals surface area contributed by atoms with Crippen molar-refractivity contribution in [3.63, 3.8) is 0 Å². The molecular weight excluding hydrogens is 410 g/mol. The highest BCUT2D eigenvalue weighted by Gasteiger charge is 2.32. The topological polar surface area (TPSA) is 109 Å². The van der Waals surface area contributed by atoms with E-state index in [0.29, 0.717) is 37.3 Å². The zero-order chi connectivity index (χ0) is 22.7. The van der Waals surface area contributed by atoms with Crippen LogP contribution in [0.3, 0.4) is 0 Å². The second-order valence-electron chi connectivity index (χ2n) is 8.76. The first-order chi connectivity index (χ1) is 15.3. The number of aromatic amines is 1. The minimum absolute atomic E-state index is 0.0359. The second kappa shape index (κ2) is 8.96. The molecule has 2 N–H and O–H groups in total. The molecule has 3 heterocycles. The monoisotopic (exact) mass is 437 g/mol. The average molecular weight is 438 g/mol. The van der Waals surface area contributed by atoms with E-state index in [1.807, 2.05) is 51.1 Å². The number of nitrogens with zero attached hydrogens (tertiary/aromatic N) is 3. The summed E-state index contributed by atoms with van der Waals surface area (Å²) in [5.41, 5.74) is 0.793. The normalized spacial score (nSPS) is 20.9. The molecule has 2 aliphatic heterocycles. The van der Waals surface area contributed by atoms with E-state index in [-0.39, 0.29) is 28.2 Å². The zero-order valence-electron chi connectivity index (χ0n) is 18.4. The lowest BCUT2D eigenvalue weighted by atomic mass is 9.85. The van der Waals surface area contributed by atoms with Crippen molar-refractivity contribution in [3.05, 3.63) is 56.9 Å². The molecule has 1 aromatic carbocycles. The van der Waals surface area contributed by atoms with Crippen LogP contribution in [0.25, 0.3) is 11.8 Å². The van der Waals surface area contributed by atoms with Crippen molar-refractivity contribution >= 4 is 24.2 Å². The number of ether oxygens (including phenoxy) is 2. The summed E-state index contributed by atoms with van der Waals surface area (Å²) in [5.74, 6) is 0.0359. The molecule has 1 atom stereocenters. The summed E-state index contributed by atoms with van der Waals surface area (Å²) < 4.78 is 11.0. The lowest BCUT2D eigenvalue weighted by molar-refractivity contribution is 0.0410. The molecular formula is C23H27N5O4. The first kappa shape index (κ1) is 21.8. The quantitative estimate of drug-likeness (QED) is 0.712. The Labute approximate surface area is 185 Å². The van der Waals surface area contributed by atoms with Crippen molar-refractivity contribution in [2.45, 2.75) is 26.8 Å². The summed E-state index contributed by atoms with van der Waals surface area (Å²) >= 11 is 0. The number of morpholine rings is 1. The molecule has 9 heteroatoms. The van der Waals surface area contributed by atoms with Crippen LogP contribution in [-0.4, -0.2) is 59.6 Å².